The fraction of sp³-hybridized carbons (Fsp3) is 0.533. The highest BCUT2D eigenvalue weighted by molar-refractivity contribution is 5.93. The Morgan fingerprint density at radius 2 is 2.11 bits per heavy atom. The van der Waals surface area contributed by atoms with Crippen molar-refractivity contribution in [1.29, 1.82) is 0 Å². The minimum absolute atomic E-state index is 0.370. The number of carbonyl (C=O) groups is 1. The second kappa shape index (κ2) is 6.06. The number of likely N-dealkylation sites (tertiary alicyclic amines) is 1. The number of benzene rings is 1. The van der Waals surface area contributed by atoms with Crippen molar-refractivity contribution in [1.82, 2.24) is 4.90 Å². The summed E-state index contributed by atoms with van der Waals surface area (Å²) in [4.78, 5) is 13.6. The van der Waals surface area contributed by atoms with Gasteiger partial charge in [-0.05, 0) is 50.1 Å². The van der Waals surface area contributed by atoms with Crippen LogP contribution >= 0.6 is 0 Å². The highest BCUT2D eigenvalue weighted by Gasteiger charge is 2.18. The van der Waals surface area contributed by atoms with E-state index in [1.54, 1.807) is 6.07 Å². The van der Waals surface area contributed by atoms with Crippen molar-refractivity contribution >= 4 is 11.6 Å². The van der Waals surface area contributed by atoms with Crippen molar-refractivity contribution in [3.05, 3.63) is 29.3 Å². The second-order valence-electron chi connectivity index (χ2n) is 5.25. The first-order valence-corrected chi connectivity index (χ1v) is 6.99. The highest BCUT2D eigenvalue weighted by atomic mass is 16.1. The molecule has 3 N–H and O–H groups in total. The van der Waals surface area contributed by atoms with Crippen LogP contribution < -0.4 is 11.1 Å². The molecule has 4 heteroatoms. The summed E-state index contributed by atoms with van der Waals surface area (Å²) >= 11 is 0. The molecular weight excluding hydrogens is 238 g/mol. The van der Waals surface area contributed by atoms with E-state index in [4.69, 9.17) is 5.73 Å². The first kappa shape index (κ1) is 13.9. The van der Waals surface area contributed by atoms with E-state index in [2.05, 4.69) is 17.1 Å². The van der Waals surface area contributed by atoms with Gasteiger partial charge in [-0.1, -0.05) is 6.92 Å². The fourth-order valence-corrected chi connectivity index (χ4v) is 2.59. The molecule has 1 amide bonds. The summed E-state index contributed by atoms with van der Waals surface area (Å²) < 4.78 is 0. The predicted molar refractivity (Wildman–Crippen MR) is 78.5 cm³/mol. The summed E-state index contributed by atoms with van der Waals surface area (Å²) in [6, 6.07) is 6.13. The number of carbonyl (C=O) groups excluding carboxylic acids is 1. The second-order valence-corrected chi connectivity index (χ2v) is 5.25. The summed E-state index contributed by atoms with van der Waals surface area (Å²) in [5.74, 6) is -0.370. The molecule has 1 heterocycles. The van der Waals surface area contributed by atoms with Crippen molar-refractivity contribution in [2.75, 3.05) is 25.0 Å². The molecule has 0 spiro atoms. The van der Waals surface area contributed by atoms with Gasteiger partial charge >= 0.3 is 0 Å². The predicted octanol–water partition coefficient (Wildman–Crippen LogP) is 1.99. The summed E-state index contributed by atoms with van der Waals surface area (Å²) in [5, 5.41) is 3.58. The Bertz CT molecular complexity index is 451. The van der Waals surface area contributed by atoms with Crippen LogP contribution in [0.15, 0.2) is 18.2 Å². The number of amides is 1. The maximum atomic E-state index is 11.1. The Morgan fingerprint density at radius 3 is 2.63 bits per heavy atom. The number of nitrogens with two attached hydrogens (primary N) is 1. The number of hydrogen-bond donors (Lipinski definition) is 2. The van der Waals surface area contributed by atoms with Gasteiger partial charge in [0.15, 0.2) is 0 Å². The maximum absolute atomic E-state index is 11.1. The quantitative estimate of drug-likeness (QED) is 0.871. The van der Waals surface area contributed by atoms with Crippen molar-refractivity contribution in [2.24, 2.45) is 5.73 Å². The van der Waals surface area contributed by atoms with Gasteiger partial charge in [-0.15, -0.1) is 0 Å². The Kier molecular flexibility index (Phi) is 4.43. The van der Waals surface area contributed by atoms with Crippen LogP contribution in [0.3, 0.4) is 0 Å². The molecule has 1 aromatic rings. The van der Waals surface area contributed by atoms with Gasteiger partial charge < -0.3 is 16.0 Å². The molecule has 0 bridgehead atoms. The van der Waals surface area contributed by atoms with Crippen LogP contribution in [0.4, 0.5) is 5.69 Å². The molecule has 1 aliphatic heterocycles. The summed E-state index contributed by atoms with van der Waals surface area (Å²) in [6.45, 7) is 7.68. The molecule has 1 aromatic carbocycles. The molecule has 1 saturated heterocycles. The van der Waals surface area contributed by atoms with E-state index in [9.17, 15) is 4.79 Å². The third kappa shape index (κ3) is 3.47. The molecule has 0 saturated carbocycles. The molecule has 0 atom stereocenters. The van der Waals surface area contributed by atoms with Crippen molar-refractivity contribution in [2.45, 2.75) is 32.7 Å². The summed E-state index contributed by atoms with van der Waals surface area (Å²) in [6.07, 6.45) is 2.34. The van der Waals surface area contributed by atoms with Crippen LogP contribution in [-0.2, 0) is 0 Å². The van der Waals surface area contributed by atoms with Crippen molar-refractivity contribution < 1.29 is 4.79 Å². The van der Waals surface area contributed by atoms with Gasteiger partial charge in [0.05, 0.1) is 0 Å². The molecule has 4 nitrogen and oxygen atoms in total. The van der Waals surface area contributed by atoms with Crippen LogP contribution in [0.1, 0.15) is 35.7 Å². The van der Waals surface area contributed by atoms with Gasteiger partial charge in [-0.2, -0.15) is 0 Å². The number of nitrogens with one attached hydrogen (secondary N) is 1. The number of nitrogens with zero attached hydrogens (tertiary/aromatic N) is 1. The normalized spacial score (nSPS) is 17.4. The zero-order valence-electron chi connectivity index (χ0n) is 11.8. The van der Waals surface area contributed by atoms with E-state index in [-0.39, 0.29) is 5.91 Å². The van der Waals surface area contributed by atoms with Crippen LogP contribution in [0.5, 0.6) is 0 Å². The molecule has 0 aliphatic carbocycles. The van der Waals surface area contributed by atoms with E-state index >= 15 is 0 Å². The lowest BCUT2D eigenvalue weighted by Crippen LogP contribution is -2.38. The first-order chi connectivity index (χ1) is 9.10. The number of anilines is 1. The Labute approximate surface area is 115 Å². The lowest BCUT2D eigenvalue weighted by atomic mass is 10.0. The van der Waals surface area contributed by atoms with Gasteiger partial charge in [0.25, 0.3) is 0 Å². The molecule has 1 aliphatic rings. The van der Waals surface area contributed by atoms with Gasteiger partial charge in [0.2, 0.25) is 5.91 Å². The van der Waals surface area contributed by atoms with Crippen LogP contribution in [0, 0.1) is 6.92 Å². The summed E-state index contributed by atoms with van der Waals surface area (Å²) in [5.41, 5.74) is 8.04. The van der Waals surface area contributed by atoms with E-state index in [1.165, 1.54) is 12.8 Å². The van der Waals surface area contributed by atoms with Gasteiger partial charge in [0, 0.05) is 30.4 Å². The number of piperidine rings is 1. The lowest BCUT2D eigenvalue weighted by Gasteiger charge is -2.32. The molecule has 19 heavy (non-hydrogen) atoms. The molecule has 104 valence electrons. The lowest BCUT2D eigenvalue weighted by molar-refractivity contribution is 0.1000. The topological polar surface area (TPSA) is 58.4 Å². The van der Waals surface area contributed by atoms with Crippen LogP contribution in [0.25, 0.3) is 0 Å². The van der Waals surface area contributed by atoms with Crippen molar-refractivity contribution in [3.63, 3.8) is 0 Å². The monoisotopic (exact) mass is 261 g/mol. The zero-order chi connectivity index (χ0) is 13.8. The number of hydrogen-bond acceptors (Lipinski definition) is 3. The number of rotatable bonds is 4. The minimum atomic E-state index is -0.370. The van der Waals surface area contributed by atoms with E-state index in [0.717, 1.165) is 30.9 Å². The minimum Gasteiger partial charge on any atom is -0.382 e. The van der Waals surface area contributed by atoms with E-state index in [0.29, 0.717) is 11.6 Å². The zero-order valence-corrected chi connectivity index (χ0v) is 11.8. The Morgan fingerprint density at radius 1 is 1.42 bits per heavy atom. The average molecular weight is 261 g/mol. The van der Waals surface area contributed by atoms with Gasteiger partial charge in [-0.25, -0.2) is 0 Å². The standard InChI is InChI=1S/C15H23N3O/c1-3-18-8-6-13(7-9-18)17-14-5-4-12(15(16)19)10-11(14)2/h4-5,10,13,17H,3,6-9H2,1-2H3,(H2,16,19). The average Bonchev–Trinajstić information content (AvgIpc) is 2.41. The third-order valence-corrected chi connectivity index (χ3v) is 3.91. The summed E-state index contributed by atoms with van der Waals surface area (Å²) in [7, 11) is 0. The fourth-order valence-electron chi connectivity index (χ4n) is 2.59. The SMILES string of the molecule is CCN1CCC(Nc2ccc(C(N)=O)cc2C)CC1. The van der Waals surface area contributed by atoms with E-state index in [1.807, 2.05) is 19.1 Å². The third-order valence-electron chi connectivity index (χ3n) is 3.91. The first-order valence-electron chi connectivity index (χ1n) is 6.99. The number of aryl methyl sites for hydroxylation is 1. The van der Waals surface area contributed by atoms with E-state index < -0.39 is 0 Å². The van der Waals surface area contributed by atoms with Gasteiger partial charge in [-0.3, -0.25) is 4.79 Å². The highest BCUT2D eigenvalue weighted by Crippen LogP contribution is 2.21. The molecule has 0 radical (unpaired) electrons. The Balaban J connectivity index is 1.98. The molecular formula is C15H23N3O. The maximum Gasteiger partial charge on any atom is 0.248 e. The van der Waals surface area contributed by atoms with Gasteiger partial charge in [0.1, 0.15) is 0 Å². The number of primary amides is 1. The molecule has 0 unspecified atom stereocenters. The molecule has 0 aromatic heterocycles. The van der Waals surface area contributed by atoms with Crippen LogP contribution in [-0.4, -0.2) is 36.5 Å². The molecule has 2 rings (SSSR count). The smallest absolute Gasteiger partial charge is 0.248 e. The Hall–Kier alpha value is -1.55. The van der Waals surface area contributed by atoms with Crippen LogP contribution in [0.2, 0.25) is 0 Å². The molecule has 1 fully saturated rings. The van der Waals surface area contributed by atoms with Crippen molar-refractivity contribution in [3.8, 4) is 0 Å². The largest absolute Gasteiger partial charge is 0.382 e.